The van der Waals surface area contributed by atoms with Gasteiger partial charge in [-0.15, -0.1) is 0 Å². The molecule has 0 spiro atoms. The summed E-state index contributed by atoms with van der Waals surface area (Å²) in [6.45, 7) is 4.22. The van der Waals surface area contributed by atoms with Gasteiger partial charge in [-0.2, -0.15) is 0 Å². The molecule has 0 aliphatic carbocycles. The topological polar surface area (TPSA) is 0 Å². The van der Waals surface area contributed by atoms with Crippen LogP contribution in [0.4, 0.5) is 0 Å². The van der Waals surface area contributed by atoms with Crippen molar-refractivity contribution in [2.24, 2.45) is 0 Å². The smallest absolute Gasteiger partial charge is 0.0294 e. The molecule has 0 saturated heterocycles. The zero-order chi connectivity index (χ0) is 10.3. The van der Waals surface area contributed by atoms with E-state index >= 15 is 0 Å². The van der Waals surface area contributed by atoms with Crippen LogP contribution in [-0.2, 0) is 0 Å². The van der Waals surface area contributed by atoms with Crippen molar-refractivity contribution in [3.8, 4) is 0 Å². The first-order valence-corrected chi connectivity index (χ1v) is 6.03. The molecule has 14 heavy (non-hydrogen) atoms. The van der Waals surface area contributed by atoms with Crippen LogP contribution in [0.5, 0.6) is 0 Å². The van der Waals surface area contributed by atoms with Gasteiger partial charge in [0.1, 0.15) is 0 Å². The Morgan fingerprint density at radius 1 is 1.00 bits per heavy atom. The van der Waals surface area contributed by atoms with E-state index in [9.17, 15) is 0 Å². The second-order valence-electron chi connectivity index (χ2n) is 3.52. The van der Waals surface area contributed by atoms with Gasteiger partial charge in [-0.1, -0.05) is 39.7 Å². The Bertz CT molecular complexity index is 501. The van der Waals surface area contributed by atoms with Crippen molar-refractivity contribution in [3.63, 3.8) is 0 Å². The van der Waals surface area contributed by atoms with Crippen LogP contribution < -0.4 is 0 Å². The molecule has 2 aromatic rings. The fourth-order valence-corrected chi connectivity index (χ4v) is 2.81. The maximum Gasteiger partial charge on any atom is 0.0294 e. The van der Waals surface area contributed by atoms with Crippen molar-refractivity contribution in [2.45, 2.75) is 13.8 Å². The van der Waals surface area contributed by atoms with Gasteiger partial charge in [-0.25, -0.2) is 0 Å². The minimum absolute atomic E-state index is 1.15. The van der Waals surface area contributed by atoms with Crippen LogP contribution in [0.25, 0.3) is 10.8 Å². The van der Waals surface area contributed by atoms with Crippen LogP contribution >= 0.6 is 31.9 Å². The summed E-state index contributed by atoms with van der Waals surface area (Å²) in [5.74, 6) is 0. The highest BCUT2D eigenvalue weighted by molar-refractivity contribution is 9.11. The summed E-state index contributed by atoms with van der Waals surface area (Å²) >= 11 is 7.19. The van der Waals surface area contributed by atoms with Gasteiger partial charge in [0.25, 0.3) is 0 Å². The first kappa shape index (κ1) is 10.2. The standard InChI is InChI=1S/C12H10Br2/c1-7-3-4-9-6-11(13)8(2)12(14)10(9)5-7/h3-6H,1-2H3. The average Bonchev–Trinajstić information content (AvgIpc) is 2.16. The molecule has 0 fully saturated rings. The van der Waals surface area contributed by atoms with E-state index in [-0.39, 0.29) is 0 Å². The molecule has 0 heterocycles. The molecule has 0 atom stereocenters. The Morgan fingerprint density at radius 3 is 2.43 bits per heavy atom. The Hall–Kier alpha value is -0.340. The Morgan fingerprint density at radius 2 is 1.71 bits per heavy atom. The van der Waals surface area contributed by atoms with Crippen molar-refractivity contribution in [2.75, 3.05) is 0 Å². The maximum absolute atomic E-state index is 3.64. The normalized spacial score (nSPS) is 10.9. The van der Waals surface area contributed by atoms with E-state index in [1.54, 1.807) is 0 Å². The lowest BCUT2D eigenvalue weighted by Gasteiger charge is -2.07. The van der Waals surface area contributed by atoms with Gasteiger partial charge in [0.2, 0.25) is 0 Å². The highest BCUT2D eigenvalue weighted by atomic mass is 79.9. The molecular weight excluding hydrogens is 304 g/mol. The molecule has 0 aliphatic heterocycles. The number of halogens is 2. The molecule has 2 heteroatoms. The highest BCUT2D eigenvalue weighted by Gasteiger charge is 2.05. The fraction of sp³-hybridized carbons (Fsp3) is 0.167. The van der Waals surface area contributed by atoms with Crippen molar-refractivity contribution in [1.82, 2.24) is 0 Å². The van der Waals surface area contributed by atoms with Crippen molar-refractivity contribution < 1.29 is 0 Å². The van der Waals surface area contributed by atoms with Crippen LogP contribution in [0.2, 0.25) is 0 Å². The molecule has 2 rings (SSSR count). The molecule has 2 aromatic carbocycles. The molecule has 0 N–H and O–H groups in total. The Labute approximate surface area is 101 Å². The predicted octanol–water partition coefficient (Wildman–Crippen LogP) is 4.98. The van der Waals surface area contributed by atoms with Crippen LogP contribution in [0.1, 0.15) is 11.1 Å². The third-order valence-electron chi connectivity index (χ3n) is 2.41. The van der Waals surface area contributed by atoms with Gasteiger partial charge in [0, 0.05) is 8.95 Å². The zero-order valence-corrected chi connectivity index (χ0v) is 11.2. The van der Waals surface area contributed by atoms with Crippen molar-refractivity contribution >= 4 is 42.6 Å². The molecule has 0 bridgehead atoms. The first-order valence-electron chi connectivity index (χ1n) is 4.44. The monoisotopic (exact) mass is 312 g/mol. The summed E-state index contributed by atoms with van der Waals surface area (Å²) in [5.41, 5.74) is 2.54. The van der Waals surface area contributed by atoms with Gasteiger partial charge >= 0.3 is 0 Å². The average molecular weight is 314 g/mol. The summed E-state index contributed by atoms with van der Waals surface area (Å²) in [7, 11) is 0. The van der Waals surface area contributed by atoms with Gasteiger partial charge in [-0.3, -0.25) is 0 Å². The lowest BCUT2D eigenvalue weighted by Crippen LogP contribution is -1.83. The van der Waals surface area contributed by atoms with Gasteiger partial charge in [0.15, 0.2) is 0 Å². The van der Waals surface area contributed by atoms with Crippen molar-refractivity contribution in [1.29, 1.82) is 0 Å². The van der Waals surface area contributed by atoms with Gasteiger partial charge in [0.05, 0.1) is 0 Å². The fourth-order valence-electron chi connectivity index (χ4n) is 1.54. The molecular formula is C12H10Br2. The number of benzene rings is 2. The number of hydrogen-bond acceptors (Lipinski definition) is 0. The molecule has 0 aliphatic rings. The molecule has 0 nitrogen and oxygen atoms in total. The third kappa shape index (κ3) is 1.61. The van der Waals surface area contributed by atoms with E-state index in [4.69, 9.17) is 0 Å². The number of aryl methyl sites for hydroxylation is 1. The molecule has 0 amide bonds. The highest BCUT2D eigenvalue weighted by Crippen LogP contribution is 2.33. The van der Waals surface area contributed by atoms with Crippen molar-refractivity contribution in [3.05, 3.63) is 44.3 Å². The first-order chi connectivity index (χ1) is 6.59. The molecule has 0 radical (unpaired) electrons. The molecule has 0 saturated carbocycles. The second-order valence-corrected chi connectivity index (χ2v) is 5.17. The number of fused-ring (bicyclic) bond motifs is 1. The van der Waals surface area contributed by atoms with E-state index in [1.165, 1.54) is 26.4 Å². The number of rotatable bonds is 0. The lowest BCUT2D eigenvalue weighted by molar-refractivity contribution is 1.42. The van der Waals surface area contributed by atoms with Gasteiger partial charge in [-0.05, 0) is 52.2 Å². The Balaban J connectivity index is 2.92. The summed E-state index contributed by atoms with van der Waals surface area (Å²) in [4.78, 5) is 0. The summed E-state index contributed by atoms with van der Waals surface area (Å²) in [6.07, 6.45) is 0. The van der Waals surface area contributed by atoms with Crippen LogP contribution in [0, 0.1) is 13.8 Å². The van der Waals surface area contributed by atoms with E-state index in [2.05, 4.69) is 70.0 Å². The van der Waals surface area contributed by atoms with Crippen LogP contribution in [-0.4, -0.2) is 0 Å². The molecule has 0 aromatic heterocycles. The van der Waals surface area contributed by atoms with E-state index in [0.717, 1.165) is 4.47 Å². The minimum atomic E-state index is 1.15. The molecule has 72 valence electrons. The third-order valence-corrected chi connectivity index (χ3v) is 4.26. The summed E-state index contributed by atoms with van der Waals surface area (Å²) < 4.78 is 2.34. The molecule has 0 unspecified atom stereocenters. The zero-order valence-electron chi connectivity index (χ0n) is 8.07. The van der Waals surface area contributed by atoms with E-state index in [0.29, 0.717) is 0 Å². The summed E-state index contributed by atoms with van der Waals surface area (Å²) in [5, 5.41) is 2.55. The Kier molecular flexibility index (Phi) is 2.67. The maximum atomic E-state index is 3.64. The summed E-state index contributed by atoms with van der Waals surface area (Å²) in [6, 6.07) is 8.66. The predicted molar refractivity (Wildman–Crippen MR) is 68.8 cm³/mol. The largest absolute Gasteiger partial charge is 0.0587 e. The van der Waals surface area contributed by atoms with E-state index in [1.807, 2.05) is 0 Å². The minimum Gasteiger partial charge on any atom is -0.0587 e. The lowest BCUT2D eigenvalue weighted by atomic mass is 10.1. The second kappa shape index (κ2) is 3.67. The quantitative estimate of drug-likeness (QED) is 0.643. The van der Waals surface area contributed by atoms with Crippen LogP contribution in [0.15, 0.2) is 33.2 Å². The van der Waals surface area contributed by atoms with E-state index < -0.39 is 0 Å². The van der Waals surface area contributed by atoms with Crippen LogP contribution in [0.3, 0.4) is 0 Å². The van der Waals surface area contributed by atoms with Gasteiger partial charge < -0.3 is 0 Å². The SMILES string of the molecule is Cc1ccc2cc(Br)c(C)c(Br)c2c1. The number of hydrogen-bond donors (Lipinski definition) is 0.